The number of rotatable bonds is 3. The summed E-state index contributed by atoms with van der Waals surface area (Å²) in [6.45, 7) is 2.63. The largest absolute Gasteiger partial charge is 0.365 e. The minimum atomic E-state index is 0.737. The smallest absolute Gasteiger partial charge is 0.139 e. The second-order valence-corrected chi connectivity index (χ2v) is 4.35. The highest BCUT2D eigenvalue weighted by molar-refractivity contribution is 5.88. The van der Waals surface area contributed by atoms with E-state index < -0.39 is 0 Å². The standard InChI is InChI=1S/C15H14N4/c1-11-18-14-7-8-16-10-13(14)15(19-11)17-9-12-5-3-2-4-6-12/h2-8,10H,9H2,1H3,(H,17,18,19). The van der Waals surface area contributed by atoms with Crippen molar-refractivity contribution >= 4 is 16.7 Å². The fraction of sp³-hybridized carbons (Fsp3) is 0.133. The van der Waals surface area contributed by atoms with E-state index in [9.17, 15) is 0 Å². The normalized spacial score (nSPS) is 10.6. The van der Waals surface area contributed by atoms with E-state index in [-0.39, 0.29) is 0 Å². The maximum atomic E-state index is 4.45. The molecule has 0 unspecified atom stereocenters. The molecule has 2 heterocycles. The van der Waals surface area contributed by atoms with Gasteiger partial charge in [-0.05, 0) is 18.6 Å². The summed E-state index contributed by atoms with van der Waals surface area (Å²) in [5.74, 6) is 1.59. The summed E-state index contributed by atoms with van der Waals surface area (Å²) in [4.78, 5) is 13.0. The van der Waals surface area contributed by atoms with Gasteiger partial charge in [0, 0.05) is 18.9 Å². The van der Waals surface area contributed by atoms with Gasteiger partial charge >= 0.3 is 0 Å². The van der Waals surface area contributed by atoms with Gasteiger partial charge in [-0.1, -0.05) is 30.3 Å². The van der Waals surface area contributed by atoms with E-state index in [4.69, 9.17) is 0 Å². The highest BCUT2D eigenvalue weighted by Gasteiger charge is 2.05. The maximum absolute atomic E-state index is 4.45. The van der Waals surface area contributed by atoms with Gasteiger partial charge in [-0.15, -0.1) is 0 Å². The summed E-state index contributed by atoms with van der Waals surface area (Å²) in [5, 5.41) is 4.30. The minimum absolute atomic E-state index is 0.737. The molecule has 2 aromatic heterocycles. The molecule has 3 aromatic rings. The lowest BCUT2D eigenvalue weighted by atomic mass is 10.2. The van der Waals surface area contributed by atoms with Gasteiger partial charge in [0.1, 0.15) is 11.6 Å². The summed E-state index contributed by atoms with van der Waals surface area (Å²) in [7, 11) is 0. The Labute approximate surface area is 111 Å². The van der Waals surface area contributed by atoms with Crippen LogP contribution >= 0.6 is 0 Å². The molecule has 0 aliphatic carbocycles. The van der Waals surface area contributed by atoms with Crippen molar-refractivity contribution in [1.82, 2.24) is 15.0 Å². The molecule has 1 N–H and O–H groups in total. The molecule has 94 valence electrons. The SMILES string of the molecule is Cc1nc(NCc2ccccc2)c2cnccc2n1. The van der Waals surface area contributed by atoms with E-state index >= 15 is 0 Å². The van der Waals surface area contributed by atoms with Gasteiger partial charge in [0.05, 0.1) is 10.9 Å². The number of aryl methyl sites for hydroxylation is 1. The van der Waals surface area contributed by atoms with Crippen molar-refractivity contribution < 1.29 is 0 Å². The first-order valence-corrected chi connectivity index (χ1v) is 6.19. The summed E-state index contributed by atoms with van der Waals surface area (Å²) in [6, 6.07) is 12.1. The molecule has 19 heavy (non-hydrogen) atoms. The van der Waals surface area contributed by atoms with Crippen LogP contribution in [-0.4, -0.2) is 15.0 Å². The van der Waals surface area contributed by atoms with Gasteiger partial charge in [0.2, 0.25) is 0 Å². The Kier molecular flexibility index (Phi) is 3.06. The van der Waals surface area contributed by atoms with Crippen molar-refractivity contribution in [2.24, 2.45) is 0 Å². The molecule has 0 fully saturated rings. The molecule has 0 saturated carbocycles. The molecule has 0 radical (unpaired) electrons. The van der Waals surface area contributed by atoms with Crippen molar-refractivity contribution in [3.63, 3.8) is 0 Å². The van der Waals surface area contributed by atoms with Crippen LogP contribution < -0.4 is 5.32 Å². The number of benzene rings is 1. The Morgan fingerprint density at radius 2 is 1.89 bits per heavy atom. The van der Waals surface area contributed by atoms with Gasteiger partial charge in [0.25, 0.3) is 0 Å². The van der Waals surface area contributed by atoms with Crippen LogP contribution in [0.5, 0.6) is 0 Å². The van der Waals surface area contributed by atoms with Crippen LogP contribution in [0.3, 0.4) is 0 Å². The van der Waals surface area contributed by atoms with Crippen LogP contribution in [0.1, 0.15) is 11.4 Å². The number of hydrogen-bond donors (Lipinski definition) is 1. The first kappa shape index (κ1) is 11.6. The van der Waals surface area contributed by atoms with Gasteiger partial charge in [0.15, 0.2) is 0 Å². The minimum Gasteiger partial charge on any atom is -0.365 e. The second kappa shape index (κ2) is 5.02. The Bertz CT molecular complexity index is 695. The van der Waals surface area contributed by atoms with Crippen LogP contribution in [-0.2, 0) is 6.54 Å². The van der Waals surface area contributed by atoms with Gasteiger partial charge in [-0.2, -0.15) is 0 Å². The topological polar surface area (TPSA) is 50.7 Å². The third kappa shape index (κ3) is 2.52. The number of nitrogens with one attached hydrogen (secondary N) is 1. The fourth-order valence-corrected chi connectivity index (χ4v) is 2.00. The van der Waals surface area contributed by atoms with Crippen LogP contribution in [0, 0.1) is 6.92 Å². The third-order valence-corrected chi connectivity index (χ3v) is 2.91. The second-order valence-electron chi connectivity index (χ2n) is 4.35. The zero-order valence-corrected chi connectivity index (χ0v) is 10.7. The van der Waals surface area contributed by atoms with Crippen LogP contribution in [0.2, 0.25) is 0 Å². The predicted octanol–water partition coefficient (Wildman–Crippen LogP) is 2.95. The predicted molar refractivity (Wildman–Crippen MR) is 75.8 cm³/mol. The van der Waals surface area contributed by atoms with Crippen molar-refractivity contribution in [2.75, 3.05) is 5.32 Å². The van der Waals surface area contributed by atoms with Crippen molar-refractivity contribution in [1.29, 1.82) is 0 Å². The van der Waals surface area contributed by atoms with Crippen LogP contribution in [0.25, 0.3) is 10.9 Å². The van der Waals surface area contributed by atoms with E-state index in [1.165, 1.54) is 5.56 Å². The van der Waals surface area contributed by atoms with E-state index in [0.717, 1.165) is 29.1 Å². The molecule has 0 atom stereocenters. The van der Waals surface area contributed by atoms with Gasteiger partial charge in [-0.25, -0.2) is 9.97 Å². The van der Waals surface area contributed by atoms with Gasteiger partial charge < -0.3 is 5.32 Å². The van der Waals surface area contributed by atoms with Crippen molar-refractivity contribution in [3.05, 3.63) is 60.2 Å². The Hall–Kier alpha value is -2.49. The first-order chi connectivity index (χ1) is 9.33. The molecule has 0 spiro atoms. The van der Waals surface area contributed by atoms with E-state index in [1.807, 2.05) is 31.2 Å². The van der Waals surface area contributed by atoms with Crippen LogP contribution in [0.4, 0.5) is 5.82 Å². The molecule has 0 aliphatic rings. The molecule has 0 aliphatic heterocycles. The molecule has 4 heteroatoms. The molecule has 4 nitrogen and oxygen atoms in total. The first-order valence-electron chi connectivity index (χ1n) is 6.19. The van der Waals surface area contributed by atoms with Crippen molar-refractivity contribution in [3.8, 4) is 0 Å². The molecular formula is C15H14N4. The lowest BCUT2D eigenvalue weighted by Crippen LogP contribution is -2.04. The zero-order chi connectivity index (χ0) is 13.1. The number of hydrogen-bond acceptors (Lipinski definition) is 4. The number of fused-ring (bicyclic) bond motifs is 1. The average Bonchev–Trinajstić information content (AvgIpc) is 2.45. The van der Waals surface area contributed by atoms with Crippen LogP contribution in [0.15, 0.2) is 48.8 Å². The monoisotopic (exact) mass is 250 g/mol. The quantitative estimate of drug-likeness (QED) is 0.776. The number of nitrogens with zero attached hydrogens (tertiary/aromatic N) is 3. The maximum Gasteiger partial charge on any atom is 0.139 e. The summed E-state index contributed by atoms with van der Waals surface area (Å²) in [6.07, 6.45) is 3.54. The number of pyridine rings is 1. The lowest BCUT2D eigenvalue weighted by molar-refractivity contribution is 1.05. The number of anilines is 1. The Balaban J connectivity index is 1.92. The van der Waals surface area contributed by atoms with Crippen molar-refractivity contribution in [2.45, 2.75) is 13.5 Å². The fourth-order valence-electron chi connectivity index (χ4n) is 2.00. The number of aromatic nitrogens is 3. The van der Waals surface area contributed by atoms with E-state index in [0.29, 0.717) is 0 Å². The average molecular weight is 250 g/mol. The zero-order valence-electron chi connectivity index (χ0n) is 10.7. The molecule has 1 aromatic carbocycles. The highest BCUT2D eigenvalue weighted by atomic mass is 15.0. The Morgan fingerprint density at radius 3 is 2.74 bits per heavy atom. The van der Waals surface area contributed by atoms with E-state index in [1.54, 1.807) is 12.4 Å². The molecular weight excluding hydrogens is 236 g/mol. The third-order valence-electron chi connectivity index (χ3n) is 2.91. The lowest BCUT2D eigenvalue weighted by Gasteiger charge is -2.09. The summed E-state index contributed by atoms with van der Waals surface area (Å²) < 4.78 is 0. The van der Waals surface area contributed by atoms with E-state index in [2.05, 4.69) is 32.4 Å². The highest BCUT2D eigenvalue weighted by Crippen LogP contribution is 2.19. The summed E-state index contributed by atoms with van der Waals surface area (Å²) >= 11 is 0. The molecule has 0 saturated heterocycles. The molecule has 0 bridgehead atoms. The summed E-state index contributed by atoms with van der Waals surface area (Å²) in [5.41, 5.74) is 2.13. The molecule has 3 rings (SSSR count). The molecule has 0 amide bonds. The Morgan fingerprint density at radius 1 is 1.05 bits per heavy atom. The van der Waals surface area contributed by atoms with Gasteiger partial charge in [-0.3, -0.25) is 4.98 Å².